The maximum absolute atomic E-state index is 2.43. The molecule has 0 aromatic rings. The summed E-state index contributed by atoms with van der Waals surface area (Å²) in [6, 6.07) is 0. The minimum atomic E-state index is 0.427. The van der Waals surface area contributed by atoms with Gasteiger partial charge in [0.1, 0.15) is 0 Å². The fourth-order valence-electron chi connectivity index (χ4n) is 2.62. The zero-order valence-electron chi connectivity index (χ0n) is 16.3. The van der Waals surface area contributed by atoms with Crippen molar-refractivity contribution in [2.24, 2.45) is 0 Å². The first-order valence-electron chi connectivity index (χ1n) is 9.70. The van der Waals surface area contributed by atoms with E-state index in [1.165, 1.54) is 77.0 Å². The molecule has 0 N–H and O–H groups in total. The van der Waals surface area contributed by atoms with Crippen LogP contribution < -0.4 is 0 Å². The van der Waals surface area contributed by atoms with Gasteiger partial charge in [-0.3, -0.25) is 0 Å². The van der Waals surface area contributed by atoms with Gasteiger partial charge in [-0.1, -0.05) is 99.6 Å². The van der Waals surface area contributed by atoms with E-state index in [1.807, 2.05) is 0 Å². The molecule has 134 valence electrons. The summed E-state index contributed by atoms with van der Waals surface area (Å²) in [4.78, 5) is 0. The minimum absolute atomic E-state index is 0.427. The summed E-state index contributed by atoms with van der Waals surface area (Å²) in [5.41, 5.74) is 0. The van der Waals surface area contributed by atoms with E-state index >= 15 is 0 Å². The quantitative estimate of drug-likeness (QED) is 0.215. The van der Waals surface area contributed by atoms with Crippen molar-refractivity contribution in [3.05, 3.63) is 0 Å². The first-order chi connectivity index (χ1) is 10.3. The van der Waals surface area contributed by atoms with E-state index in [-0.39, 0.29) is 0 Å². The molecule has 0 nitrogen and oxygen atoms in total. The van der Waals surface area contributed by atoms with Crippen LogP contribution in [0.1, 0.15) is 119 Å². The lowest BCUT2D eigenvalue weighted by Crippen LogP contribution is -2.18. The Hall–Kier alpha value is 0.700. The Morgan fingerprint density at radius 1 is 0.500 bits per heavy atom. The highest BCUT2D eigenvalue weighted by Crippen LogP contribution is 2.47. The predicted octanol–water partition coefficient (Wildman–Crippen LogP) is 8.65. The molecule has 0 unspecified atom stereocenters. The van der Waals surface area contributed by atoms with Gasteiger partial charge in [0.15, 0.2) is 0 Å². The summed E-state index contributed by atoms with van der Waals surface area (Å²) in [5, 5.41) is 0. The fraction of sp³-hybridized carbons (Fsp3) is 1.00. The van der Waals surface area contributed by atoms with Gasteiger partial charge in [0.25, 0.3) is 0 Å². The van der Waals surface area contributed by atoms with E-state index in [4.69, 9.17) is 0 Å². The smallest absolute Gasteiger partial charge is 0.0207 e. The van der Waals surface area contributed by atoms with Crippen LogP contribution in [0.25, 0.3) is 0 Å². The van der Waals surface area contributed by atoms with Gasteiger partial charge < -0.3 is 0 Å². The Balaban J connectivity index is 3.80. The van der Waals surface area contributed by atoms with E-state index in [0.29, 0.717) is 9.49 Å². The van der Waals surface area contributed by atoms with Crippen molar-refractivity contribution in [3.8, 4) is 0 Å². The van der Waals surface area contributed by atoms with E-state index in [9.17, 15) is 0 Å². The molecule has 0 radical (unpaired) electrons. The van der Waals surface area contributed by atoms with Gasteiger partial charge in [-0.2, -0.15) is 0 Å². The standard InChI is InChI=1S/C20H42S2/c1-7-9-11-13-15-17-19(3,4)21-22-20(5,6)18-16-14-12-10-8-2/h7-18H2,1-6H3. The maximum atomic E-state index is 2.43. The van der Waals surface area contributed by atoms with Gasteiger partial charge in [0, 0.05) is 9.49 Å². The van der Waals surface area contributed by atoms with Gasteiger partial charge in [-0.05, 0) is 40.5 Å². The molecule has 0 fully saturated rings. The van der Waals surface area contributed by atoms with Gasteiger partial charge in [0.2, 0.25) is 0 Å². The Morgan fingerprint density at radius 2 is 0.818 bits per heavy atom. The molecule has 0 aliphatic rings. The van der Waals surface area contributed by atoms with Gasteiger partial charge in [0.05, 0.1) is 0 Å². The molecule has 0 atom stereocenters. The van der Waals surface area contributed by atoms with E-state index in [0.717, 1.165) is 0 Å². The molecule has 0 saturated heterocycles. The molecule has 0 saturated carbocycles. The molecule has 0 aliphatic heterocycles. The number of rotatable bonds is 15. The Labute approximate surface area is 149 Å². The first kappa shape index (κ1) is 22.7. The summed E-state index contributed by atoms with van der Waals surface area (Å²) in [6.45, 7) is 14.3. The average Bonchev–Trinajstić information content (AvgIpc) is 2.45. The molecule has 0 aliphatic carbocycles. The van der Waals surface area contributed by atoms with Crippen molar-refractivity contribution >= 4 is 21.6 Å². The van der Waals surface area contributed by atoms with Crippen molar-refractivity contribution in [2.45, 2.75) is 128 Å². The molecule has 0 rings (SSSR count). The molecular weight excluding hydrogens is 304 g/mol. The highest BCUT2D eigenvalue weighted by Gasteiger charge is 2.25. The SMILES string of the molecule is CCCCCCCC(C)(C)SSC(C)(C)CCCCCCC. The van der Waals surface area contributed by atoms with Crippen LogP contribution >= 0.6 is 21.6 Å². The third-order valence-corrected chi connectivity index (χ3v) is 8.61. The Bertz CT molecular complexity index is 220. The number of hydrogen-bond acceptors (Lipinski definition) is 2. The lowest BCUT2D eigenvalue weighted by Gasteiger charge is -2.30. The molecule has 0 aromatic heterocycles. The van der Waals surface area contributed by atoms with Crippen LogP contribution in [-0.4, -0.2) is 9.49 Å². The Morgan fingerprint density at radius 3 is 1.14 bits per heavy atom. The molecule has 0 amide bonds. The topological polar surface area (TPSA) is 0 Å². The van der Waals surface area contributed by atoms with Gasteiger partial charge in [-0.15, -0.1) is 0 Å². The largest absolute Gasteiger partial charge is 0.0873 e. The predicted molar refractivity (Wildman–Crippen MR) is 110 cm³/mol. The third-order valence-electron chi connectivity index (χ3n) is 4.26. The monoisotopic (exact) mass is 346 g/mol. The van der Waals surface area contributed by atoms with Crippen molar-refractivity contribution in [2.75, 3.05) is 0 Å². The minimum Gasteiger partial charge on any atom is -0.0873 e. The fourth-order valence-corrected chi connectivity index (χ4v) is 5.38. The molecule has 22 heavy (non-hydrogen) atoms. The van der Waals surface area contributed by atoms with Crippen molar-refractivity contribution in [1.29, 1.82) is 0 Å². The van der Waals surface area contributed by atoms with Crippen LogP contribution in [-0.2, 0) is 0 Å². The van der Waals surface area contributed by atoms with E-state index in [1.54, 1.807) is 0 Å². The van der Waals surface area contributed by atoms with Gasteiger partial charge >= 0.3 is 0 Å². The van der Waals surface area contributed by atoms with E-state index < -0.39 is 0 Å². The Kier molecular flexibility index (Phi) is 13.5. The van der Waals surface area contributed by atoms with Crippen LogP contribution in [0.15, 0.2) is 0 Å². The van der Waals surface area contributed by atoms with Crippen molar-refractivity contribution in [3.63, 3.8) is 0 Å². The average molecular weight is 347 g/mol. The van der Waals surface area contributed by atoms with Crippen molar-refractivity contribution in [1.82, 2.24) is 0 Å². The summed E-state index contributed by atoms with van der Waals surface area (Å²) in [7, 11) is 4.27. The summed E-state index contributed by atoms with van der Waals surface area (Å²) in [5.74, 6) is 0. The summed E-state index contributed by atoms with van der Waals surface area (Å²) >= 11 is 0. The van der Waals surface area contributed by atoms with Crippen LogP contribution in [0.3, 0.4) is 0 Å². The lowest BCUT2D eigenvalue weighted by atomic mass is 10.0. The number of unbranched alkanes of at least 4 members (excludes halogenated alkanes) is 8. The molecule has 0 bridgehead atoms. The summed E-state index contributed by atoms with van der Waals surface area (Å²) < 4.78 is 0.854. The maximum Gasteiger partial charge on any atom is 0.0207 e. The summed E-state index contributed by atoms with van der Waals surface area (Å²) in [6.07, 6.45) is 16.7. The zero-order chi connectivity index (χ0) is 16.9. The highest BCUT2D eigenvalue weighted by molar-refractivity contribution is 8.77. The van der Waals surface area contributed by atoms with Gasteiger partial charge in [-0.25, -0.2) is 0 Å². The van der Waals surface area contributed by atoms with Crippen molar-refractivity contribution < 1.29 is 0 Å². The molecule has 0 spiro atoms. The second-order valence-electron chi connectivity index (χ2n) is 8.01. The van der Waals surface area contributed by atoms with Crippen LogP contribution in [0.2, 0.25) is 0 Å². The van der Waals surface area contributed by atoms with Crippen LogP contribution in [0.4, 0.5) is 0 Å². The third kappa shape index (κ3) is 14.3. The normalized spacial score (nSPS) is 12.8. The zero-order valence-corrected chi connectivity index (χ0v) is 17.9. The van der Waals surface area contributed by atoms with Crippen LogP contribution in [0.5, 0.6) is 0 Å². The second-order valence-corrected chi connectivity index (χ2v) is 11.6. The lowest BCUT2D eigenvalue weighted by molar-refractivity contribution is 0.547. The highest BCUT2D eigenvalue weighted by atomic mass is 33.1. The molecule has 0 aromatic carbocycles. The number of hydrogen-bond donors (Lipinski definition) is 0. The first-order valence-corrected chi connectivity index (χ1v) is 11.8. The van der Waals surface area contributed by atoms with E-state index in [2.05, 4.69) is 63.1 Å². The van der Waals surface area contributed by atoms with Crippen LogP contribution in [0, 0.1) is 0 Å². The molecule has 0 heterocycles. The molecular formula is C20H42S2. The second kappa shape index (κ2) is 13.0. The molecule has 2 heteroatoms.